The highest BCUT2D eigenvalue weighted by Crippen LogP contribution is 2.12. The van der Waals surface area contributed by atoms with E-state index in [1.807, 2.05) is 6.07 Å². The van der Waals surface area contributed by atoms with E-state index < -0.39 is 0 Å². The van der Waals surface area contributed by atoms with Crippen LogP contribution in [0.15, 0.2) is 35.6 Å². The monoisotopic (exact) mass is 168 g/mol. The Labute approximate surface area is 69.1 Å². The largest absolute Gasteiger partial charge is 0.436 e. The highest BCUT2D eigenvalue weighted by molar-refractivity contribution is 6.31. The van der Waals surface area contributed by atoms with Gasteiger partial charge in [-0.25, -0.2) is 4.79 Å². The molecule has 0 saturated heterocycles. The van der Waals surface area contributed by atoms with Gasteiger partial charge < -0.3 is 4.74 Å². The quantitative estimate of drug-likeness (QED) is 0.499. The van der Waals surface area contributed by atoms with Crippen LogP contribution in [0.1, 0.15) is 0 Å². The fraction of sp³-hybridized carbons (Fsp3) is 0. The first-order valence-corrected chi connectivity index (χ1v) is 3.34. The molecule has 3 heteroatoms. The van der Waals surface area contributed by atoms with E-state index in [-0.39, 0.29) is 5.22 Å². The normalized spacial score (nSPS) is 8.45. The molecule has 0 unspecified atom stereocenters. The third-order valence-corrected chi connectivity index (χ3v) is 1.19. The molecule has 0 aromatic heterocycles. The van der Waals surface area contributed by atoms with Crippen molar-refractivity contribution < 1.29 is 9.53 Å². The molecule has 1 aromatic carbocycles. The van der Waals surface area contributed by atoms with E-state index in [0.29, 0.717) is 5.75 Å². The highest BCUT2D eigenvalue weighted by atomic mass is 35.5. The van der Waals surface area contributed by atoms with Gasteiger partial charge in [0, 0.05) is 0 Å². The zero-order valence-electron chi connectivity index (χ0n) is 5.58. The minimum atomic E-state index is -0.281. The summed E-state index contributed by atoms with van der Waals surface area (Å²) in [5.74, 6) is 1.95. The fourth-order valence-electron chi connectivity index (χ4n) is 0.613. The van der Waals surface area contributed by atoms with E-state index in [9.17, 15) is 4.79 Å². The molecule has 56 valence electrons. The maximum absolute atomic E-state index is 9.89. The summed E-state index contributed by atoms with van der Waals surface area (Å²) in [7, 11) is 0. The van der Waals surface area contributed by atoms with E-state index in [2.05, 4.69) is 0 Å². The van der Waals surface area contributed by atoms with Crippen LogP contribution in [-0.2, 0) is 4.79 Å². The van der Waals surface area contributed by atoms with Gasteiger partial charge in [0.15, 0.2) is 5.94 Å². The van der Waals surface area contributed by atoms with Crippen LogP contribution < -0.4 is 4.74 Å². The topological polar surface area (TPSA) is 26.3 Å². The summed E-state index contributed by atoms with van der Waals surface area (Å²) in [4.78, 5) is 9.89. The van der Waals surface area contributed by atoms with Crippen molar-refractivity contribution in [3.8, 4) is 5.75 Å². The van der Waals surface area contributed by atoms with Gasteiger partial charge in [-0.15, -0.1) is 0 Å². The van der Waals surface area contributed by atoms with Gasteiger partial charge in [0.2, 0.25) is 0 Å². The number of halogens is 1. The molecule has 0 radical (unpaired) electrons. The number of para-hydroxylation sites is 1. The summed E-state index contributed by atoms with van der Waals surface area (Å²) >= 11 is 5.27. The third kappa shape index (κ3) is 2.46. The van der Waals surface area contributed by atoms with E-state index in [1.165, 1.54) is 5.94 Å². The van der Waals surface area contributed by atoms with Gasteiger partial charge in [0.25, 0.3) is 5.22 Å². The second-order valence-corrected chi connectivity index (χ2v) is 2.13. The van der Waals surface area contributed by atoms with Crippen LogP contribution in [0.4, 0.5) is 0 Å². The molecule has 0 amide bonds. The van der Waals surface area contributed by atoms with E-state index in [4.69, 9.17) is 16.3 Å². The molecule has 0 aliphatic rings. The molecular weight excluding hydrogens is 164 g/mol. The van der Waals surface area contributed by atoms with E-state index in [0.717, 1.165) is 0 Å². The zero-order chi connectivity index (χ0) is 8.10. The predicted octanol–water partition coefficient (Wildman–Crippen LogP) is 1.98. The van der Waals surface area contributed by atoms with Crippen molar-refractivity contribution >= 4 is 17.5 Å². The van der Waals surface area contributed by atoms with Crippen molar-refractivity contribution in [3.05, 3.63) is 35.6 Å². The number of ether oxygens (including phenoxy) is 1. The van der Waals surface area contributed by atoms with Crippen molar-refractivity contribution in [2.24, 2.45) is 0 Å². The Morgan fingerprint density at radius 3 is 2.55 bits per heavy atom. The number of benzene rings is 1. The van der Waals surface area contributed by atoms with Crippen molar-refractivity contribution in [3.63, 3.8) is 0 Å². The van der Waals surface area contributed by atoms with Gasteiger partial charge in [0.1, 0.15) is 5.75 Å². The Hall–Kier alpha value is -1.24. The van der Waals surface area contributed by atoms with E-state index >= 15 is 0 Å². The van der Waals surface area contributed by atoms with Gasteiger partial charge in [-0.2, -0.15) is 0 Å². The van der Waals surface area contributed by atoms with Crippen LogP contribution in [0.3, 0.4) is 0 Å². The highest BCUT2D eigenvalue weighted by Gasteiger charge is 1.94. The maximum atomic E-state index is 9.89. The number of rotatable bonds is 2. The zero-order valence-corrected chi connectivity index (χ0v) is 6.34. The Balaban J connectivity index is 2.73. The van der Waals surface area contributed by atoms with Crippen molar-refractivity contribution in [1.29, 1.82) is 0 Å². The smallest absolute Gasteiger partial charge is 0.279 e. The van der Waals surface area contributed by atoms with Crippen LogP contribution in [0.5, 0.6) is 5.75 Å². The van der Waals surface area contributed by atoms with Gasteiger partial charge in [-0.3, -0.25) is 0 Å². The molecule has 0 aliphatic heterocycles. The molecule has 11 heavy (non-hydrogen) atoms. The molecule has 0 N–H and O–H groups in total. The first kappa shape index (κ1) is 7.86. The van der Waals surface area contributed by atoms with Crippen LogP contribution in [-0.4, -0.2) is 5.94 Å². The van der Waals surface area contributed by atoms with Gasteiger partial charge in [-0.1, -0.05) is 18.2 Å². The lowest BCUT2D eigenvalue weighted by molar-refractivity contribution is 0.459. The molecule has 0 fully saturated rings. The Bertz CT molecular complexity index is 275. The molecule has 0 spiro atoms. The van der Waals surface area contributed by atoms with E-state index in [1.54, 1.807) is 24.3 Å². The lowest BCUT2D eigenvalue weighted by Gasteiger charge is -1.97. The molecule has 0 heterocycles. The SMILES string of the molecule is O=C=C(Cl)Oc1ccccc1. The molecule has 0 atom stereocenters. The standard InChI is InChI=1S/C8H5ClO2/c9-8(6-10)11-7-4-2-1-3-5-7/h1-5H. The van der Waals surface area contributed by atoms with Gasteiger partial charge >= 0.3 is 0 Å². The Morgan fingerprint density at radius 1 is 1.36 bits per heavy atom. The predicted molar refractivity (Wildman–Crippen MR) is 42.1 cm³/mol. The minimum absolute atomic E-state index is 0.281. The second kappa shape index (κ2) is 3.81. The molecular formula is C8H5ClO2. The summed E-state index contributed by atoms with van der Waals surface area (Å²) in [6.45, 7) is 0. The summed E-state index contributed by atoms with van der Waals surface area (Å²) in [5, 5.41) is -0.281. The lowest BCUT2D eigenvalue weighted by atomic mass is 10.3. The van der Waals surface area contributed by atoms with Crippen molar-refractivity contribution in [2.75, 3.05) is 0 Å². The number of carbonyl (C=O) groups excluding carboxylic acids is 1. The van der Waals surface area contributed by atoms with Gasteiger partial charge in [0.05, 0.1) is 0 Å². The first-order chi connectivity index (χ1) is 5.33. The van der Waals surface area contributed by atoms with Gasteiger partial charge in [-0.05, 0) is 23.7 Å². The summed E-state index contributed by atoms with van der Waals surface area (Å²) in [6, 6.07) is 8.79. The Kier molecular flexibility index (Phi) is 2.73. The summed E-state index contributed by atoms with van der Waals surface area (Å²) in [6.07, 6.45) is 0. The van der Waals surface area contributed by atoms with Crippen LogP contribution in [0.25, 0.3) is 0 Å². The second-order valence-electron chi connectivity index (χ2n) is 1.79. The number of hydrogen-bond donors (Lipinski definition) is 0. The van der Waals surface area contributed by atoms with Crippen molar-refractivity contribution in [1.82, 2.24) is 0 Å². The Morgan fingerprint density at radius 2 is 2.00 bits per heavy atom. The fourth-order valence-corrected chi connectivity index (χ4v) is 0.702. The lowest BCUT2D eigenvalue weighted by Crippen LogP contribution is -1.87. The first-order valence-electron chi connectivity index (χ1n) is 2.96. The molecule has 0 bridgehead atoms. The maximum Gasteiger partial charge on any atom is 0.279 e. The van der Waals surface area contributed by atoms with Crippen LogP contribution >= 0.6 is 11.6 Å². The molecule has 0 saturated carbocycles. The van der Waals surface area contributed by atoms with Crippen LogP contribution in [0, 0.1) is 0 Å². The molecule has 1 rings (SSSR count). The molecule has 0 aliphatic carbocycles. The van der Waals surface area contributed by atoms with Crippen molar-refractivity contribution in [2.45, 2.75) is 0 Å². The average Bonchev–Trinajstić information content (AvgIpc) is 2.06. The molecule has 1 aromatic rings. The minimum Gasteiger partial charge on any atom is -0.436 e. The number of hydrogen-bond acceptors (Lipinski definition) is 2. The third-order valence-electron chi connectivity index (χ3n) is 1.03. The molecule has 2 nitrogen and oxygen atoms in total. The van der Waals surface area contributed by atoms with Crippen LogP contribution in [0.2, 0.25) is 0 Å². The average molecular weight is 169 g/mol. The summed E-state index contributed by atoms with van der Waals surface area (Å²) < 4.78 is 4.82. The summed E-state index contributed by atoms with van der Waals surface area (Å²) in [5.41, 5.74) is 0.